The van der Waals surface area contributed by atoms with Crippen LogP contribution < -0.4 is 21.3 Å². The second kappa shape index (κ2) is 17.8. The van der Waals surface area contributed by atoms with Gasteiger partial charge in [0.1, 0.15) is 6.10 Å². The van der Waals surface area contributed by atoms with Gasteiger partial charge < -0.3 is 36.6 Å². The largest absolute Gasteiger partial charge is 0.396 e. The van der Waals surface area contributed by atoms with E-state index in [4.69, 9.17) is 5.11 Å². The van der Waals surface area contributed by atoms with Crippen molar-refractivity contribution in [2.45, 2.75) is 53.1 Å². The van der Waals surface area contributed by atoms with E-state index in [-0.39, 0.29) is 63.3 Å². The van der Waals surface area contributed by atoms with Crippen LogP contribution in [-0.2, 0) is 19.2 Å². The summed E-state index contributed by atoms with van der Waals surface area (Å²) in [7, 11) is 3.13. The molecule has 0 saturated carbocycles. The molecule has 1 atom stereocenters. The summed E-state index contributed by atoms with van der Waals surface area (Å²) in [6, 6.07) is 0. The molecule has 0 aromatic heterocycles. The van der Waals surface area contributed by atoms with Gasteiger partial charge in [-0.2, -0.15) is 0 Å². The average Bonchev–Trinajstić information content (AvgIpc) is 2.79. The average molecular weight is 539 g/mol. The maximum Gasteiger partial charge on any atom is 0.249 e. The predicted octanol–water partition coefficient (Wildman–Crippen LogP) is -0.599. The van der Waals surface area contributed by atoms with E-state index in [0.29, 0.717) is 24.6 Å². The molecular weight excluding hydrogens is 496 g/mol. The second-order valence-corrected chi connectivity index (χ2v) is 12.2. The molecule has 0 spiro atoms. The summed E-state index contributed by atoms with van der Waals surface area (Å²) in [4.78, 5) is 47.2. The molecule has 11 nitrogen and oxygen atoms in total. The predicted molar refractivity (Wildman–Crippen MR) is 139 cm³/mol. The van der Waals surface area contributed by atoms with Gasteiger partial charge in [-0.3, -0.25) is 19.2 Å². The van der Waals surface area contributed by atoms with Gasteiger partial charge in [-0.05, 0) is 5.41 Å². The Bertz CT molecular complexity index is 678. The summed E-state index contributed by atoms with van der Waals surface area (Å²) in [5.41, 5.74) is -1.44. The molecule has 0 aromatic carbocycles. The Balaban J connectivity index is 3.68. The molecule has 7 N–H and O–H groups in total. The van der Waals surface area contributed by atoms with Gasteiger partial charge in [0.15, 0.2) is 0 Å². The van der Waals surface area contributed by atoms with Crippen molar-refractivity contribution in [2.24, 2.45) is 10.8 Å². The first-order chi connectivity index (χ1) is 16.3. The zero-order chi connectivity index (χ0) is 26.9. The summed E-state index contributed by atoms with van der Waals surface area (Å²) < 4.78 is 0. The Labute approximate surface area is 215 Å². The second-order valence-electron chi connectivity index (χ2n) is 9.53. The van der Waals surface area contributed by atoms with Crippen molar-refractivity contribution in [3.63, 3.8) is 0 Å². The normalized spacial score (nSPS) is 12.5. The molecule has 0 rings (SSSR count). The third-order valence-corrected chi connectivity index (χ3v) is 7.30. The van der Waals surface area contributed by atoms with Crippen molar-refractivity contribution in [3.05, 3.63) is 0 Å². The minimum Gasteiger partial charge on any atom is -0.396 e. The van der Waals surface area contributed by atoms with Gasteiger partial charge in [0.25, 0.3) is 0 Å². The lowest BCUT2D eigenvalue weighted by Gasteiger charge is -2.27. The Morgan fingerprint density at radius 2 is 1.17 bits per heavy atom. The molecule has 0 bridgehead atoms. The van der Waals surface area contributed by atoms with E-state index in [2.05, 4.69) is 21.3 Å². The maximum absolute atomic E-state index is 11.8. The molecule has 0 saturated heterocycles. The molecule has 0 aliphatic carbocycles. The highest BCUT2D eigenvalue weighted by molar-refractivity contribution is 8.76. The molecule has 0 aromatic rings. The quantitative estimate of drug-likeness (QED) is 0.0836. The first-order valence-electron chi connectivity index (χ1n) is 11.6. The van der Waals surface area contributed by atoms with Gasteiger partial charge in [-0.25, -0.2) is 0 Å². The molecular formula is C22H42N4O7S2. The molecule has 0 unspecified atom stereocenters. The van der Waals surface area contributed by atoms with Crippen molar-refractivity contribution in [1.29, 1.82) is 0 Å². The van der Waals surface area contributed by atoms with Crippen molar-refractivity contribution < 1.29 is 34.5 Å². The fourth-order valence-corrected chi connectivity index (χ4v) is 4.28. The molecule has 0 fully saturated rings. The third kappa shape index (κ3) is 16.7. The van der Waals surface area contributed by atoms with E-state index in [1.54, 1.807) is 49.3 Å². The lowest BCUT2D eigenvalue weighted by Crippen LogP contribution is -2.46. The number of carbonyl (C=O) groups excluding carboxylic acids is 4. The lowest BCUT2D eigenvalue weighted by molar-refractivity contribution is -0.137. The summed E-state index contributed by atoms with van der Waals surface area (Å²) in [6.07, 6.45) is -0.885. The zero-order valence-corrected chi connectivity index (χ0v) is 22.8. The highest BCUT2D eigenvalue weighted by Gasteiger charge is 2.32. The van der Waals surface area contributed by atoms with E-state index in [1.807, 2.05) is 0 Å². The first-order valence-corrected chi connectivity index (χ1v) is 14.1. The van der Waals surface area contributed by atoms with E-state index in [9.17, 15) is 29.4 Å². The van der Waals surface area contributed by atoms with Crippen LogP contribution in [0.3, 0.4) is 0 Å². The van der Waals surface area contributed by atoms with Crippen LogP contribution in [0.2, 0.25) is 0 Å². The van der Waals surface area contributed by atoms with E-state index < -0.39 is 22.8 Å². The van der Waals surface area contributed by atoms with Gasteiger partial charge in [0.05, 0.1) is 6.61 Å². The Morgan fingerprint density at radius 3 is 1.63 bits per heavy atom. The van der Waals surface area contributed by atoms with E-state index >= 15 is 0 Å². The lowest BCUT2D eigenvalue weighted by atomic mass is 9.87. The maximum atomic E-state index is 11.8. The monoisotopic (exact) mass is 538 g/mol. The van der Waals surface area contributed by atoms with Crippen LogP contribution in [0.25, 0.3) is 0 Å². The van der Waals surface area contributed by atoms with E-state index in [0.717, 1.165) is 0 Å². The minimum atomic E-state index is -1.36. The molecule has 4 amide bonds. The van der Waals surface area contributed by atoms with Crippen molar-refractivity contribution in [3.8, 4) is 0 Å². The SMILES string of the molecule is CC(C)(CO)CC(=O)NCCC(=O)NCCSSCCNC(=O)CCNC(=O)[C@H](O)C(C)(C)CO. The van der Waals surface area contributed by atoms with Crippen LogP contribution in [0.15, 0.2) is 0 Å². The van der Waals surface area contributed by atoms with Crippen LogP contribution in [0, 0.1) is 10.8 Å². The number of amides is 4. The van der Waals surface area contributed by atoms with Crippen LogP contribution in [0.1, 0.15) is 47.0 Å². The zero-order valence-electron chi connectivity index (χ0n) is 21.1. The summed E-state index contributed by atoms with van der Waals surface area (Å²) in [5, 5.41) is 38.9. The first kappa shape index (κ1) is 33.5. The van der Waals surface area contributed by atoms with Crippen LogP contribution >= 0.6 is 21.6 Å². The van der Waals surface area contributed by atoms with Crippen LogP contribution in [-0.4, -0.2) is 96.0 Å². The van der Waals surface area contributed by atoms with Gasteiger partial charge in [0.2, 0.25) is 23.6 Å². The number of hydrogen-bond donors (Lipinski definition) is 7. The van der Waals surface area contributed by atoms with Gasteiger partial charge >= 0.3 is 0 Å². The Hall–Kier alpha value is -1.54. The van der Waals surface area contributed by atoms with Gasteiger partial charge in [-0.1, -0.05) is 49.3 Å². The summed E-state index contributed by atoms with van der Waals surface area (Å²) >= 11 is 0. The van der Waals surface area contributed by atoms with Crippen LogP contribution in [0.4, 0.5) is 0 Å². The highest BCUT2D eigenvalue weighted by Crippen LogP contribution is 2.20. The Kier molecular flexibility index (Phi) is 17.0. The molecule has 13 heteroatoms. The molecule has 0 radical (unpaired) electrons. The summed E-state index contributed by atoms with van der Waals surface area (Å²) in [6.45, 7) is 7.60. The van der Waals surface area contributed by atoms with Crippen LogP contribution in [0.5, 0.6) is 0 Å². The fraction of sp³-hybridized carbons (Fsp3) is 0.818. The van der Waals surface area contributed by atoms with E-state index in [1.165, 1.54) is 0 Å². The standard InChI is InChI=1S/C22H42N4O7S2/c1-21(2,14-27)13-18(31)23-7-5-16(29)24-9-11-34-35-12-10-25-17(30)6-8-26-20(33)19(32)22(3,4)15-28/h19,27-28,32H,5-15H2,1-4H3,(H,23,31)(H,24,29)(H,25,30)(H,26,33)/t19-/m0/s1. The number of nitrogens with one attached hydrogen (secondary N) is 4. The number of rotatable bonds is 19. The molecule has 0 heterocycles. The number of carbonyl (C=O) groups is 4. The summed E-state index contributed by atoms with van der Waals surface area (Å²) in [5.74, 6) is 0.190. The number of hydrogen-bond acceptors (Lipinski definition) is 9. The van der Waals surface area contributed by atoms with Gasteiger partial charge in [-0.15, -0.1) is 0 Å². The number of aliphatic hydroxyl groups is 3. The minimum absolute atomic E-state index is 0.0835. The number of aliphatic hydroxyl groups excluding tert-OH is 3. The molecule has 35 heavy (non-hydrogen) atoms. The van der Waals surface area contributed by atoms with Crippen molar-refractivity contribution in [2.75, 3.05) is 50.9 Å². The highest BCUT2D eigenvalue weighted by atomic mass is 33.1. The third-order valence-electron chi connectivity index (χ3n) is 4.89. The fourth-order valence-electron chi connectivity index (χ4n) is 2.46. The molecule has 0 aliphatic heterocycles. The van der Waals surface area contributed by atoms with Crippen molar-refractivity contribution >= 4 is 45.2 Å². The topological polar surface area (TPSA) is 177 Å². The van der Waals surface area contributed by atoms with Crippen molar-refractivity contribution in [1.82, 2.24) is 21.3 Å². The van der Waals surface area contributed by atoms with Gasteiger partial charge in [0, 0.05) is 69.0 Å². The smallest absolute Gasteiger partial charge is 0.249 e. The molecule has 0 aliphatic rings. The Morgan fingerprint density at radius 1 is 0.714 bits per heavy atom. The molecule has 204 valence electrons.